The summed E-state index contributed by atoms with van der Waals surface area (Å²) in [6.45, 7) is 2.11. The van der Waals surface area contributed by atoms with E-state index in [0.717, 1.165) is 49.6 Å². The van der Waals surface area contributed by atoms with Crippen molar-refractivity contribution >= 4 is 5.82 Å². The number of nitrogens with one attached hydrogen (secondary N) is 3. The second-order valence-corrected chi connectivity index (χ2v) is 5.78. The van der Waals surface area contributed by atoms with Gasteiger partial charge in [-0.2, -0.15) is 5.10 Å². The van der Waals surface area contributed by atoms with Gasteiger partial charge in [-0.15, -0.1) is 0 Å². The predicted octanol–water partition coefficient (Wildman–Crippen LogP) is 1.96. The van der Waals surface area contributed by atoms with Crippen LogP contribution in [0.25, 0.3) is 11.3 Å². The largest absolute Gasteiger partial charge is 0.497 e. The Labute approximate surface area is 124 Å². The van der Waals surface area contributed by atoms with E-state index in [4.69, 9.17) is 4.74 Å². The molecule has 110 valence electrons. The van der Waals surface area contributed by atoms with Crippen LogP contribution in [-0.2, 0) is 12.8 Å². The molecule has 5 nitrogen and oxygen atoms in total. The molecule has 3 N–H and O–H groups in total. The van der Waals surface area contributed by atoms with E-state index < -0.39 is 0 Å². The molecule has 1 unspecified atom stereocenters. The van der Waals surface area contributed by atoms with Gasteiger partial charge in [-0.25, -0.2) is 0 Å². The van der Waals surface area contributed by atoms with Gasteiger partial charge in [0.05, 0.1) is 12.8 Å². The number of aromatic nitrogens is 2. The average molecular weight is 284 g/mol. The molecule has 0 amide bonds. The number of aromatic amines is 1. The molecule has 5 heteroatoms. The van der Waals surface area contributed by atoms with Crippen LogP contribution < -0.4 is 15.4 Å². The van der Waals surface area contributed by atoms with Crippen molar-refractivity contribution in [1.29, 1.82) is 0 Å². The van der Waals surface area contributed by atoms with Gasteiger partial charge < -0.3 is 15.4 Å². The Morgan fingerprint density at radius 3 is 3.10 bits per heavy atom. The first-order valence-corrected chi connectivity index (χ1v) is 7.57. The highest BCUT2D eigenvalue weighted by molar-refractivity contribution is 5.75. The Balaban J connectivity index is 1.69. The standard InChI is InChI=1S/C16H20N4O/c1-21-12-4-2-10-3-5-13-15(14(10)8-12)19-20-16(13)18-11-6-7-17-9-11/h2,4,8,11,17H,3,5-7,9H2,1H3,(H2,18,19,20). The zero-order valence-electron chi connectivity index (χ0n) is 12.2. The van der Waals surface area contributed by atoms with Crippen LogP contribution in [0.3, 0.4) is 0 Å². The molecule has 1 aromatic carbocycles. The molecule has 0 radical (unpaired) electrons. The van der Waals surface area contributed by atoms with Crippen LogP contribution in [0.15, 0.2) is 18.2 Å². The van der Waals surface area contributed by atoms with Crippen LogP contribution in [0, 0.1) is 0 Å². The fourth-order valence-electron chi connectivity index (χ4n) is 3.31. The number of nitrogens with zero attached hydrogens (tertiary/aromatic N) is 1. The van der Waals surface area contributed by atoms with E-state index in [1.54, 1.807) is 7.11 Å². The second-order valence-electron chi connectivity index (χ2n) is 5.78. The van der Waals surface area contributed by atoms with Crippen molar-refractivity contribution in [2.45, 2.75) is 25.3 Å². The summed E-state index contributed by atoms with van der Waals surface area (Å²) in [7, 11) is 1.71. The molecule has 0 saturated carbocycles. The number of anilines is 1. The highest BCUT2D eigenvalue weighted by Crippen LogP contribution is 2.37. The van der Waals surface area contributed by atoms with Gasteiger partial charge in [0, 0.05) is 23.7 Å². The minimum absolute atomic E-state index is 0.490. The molecular formula is C16H20N4O. The first-order valence-electron chi connectivity index (χ1n) is 7.57. The van der Waals surface area contributed by atoms with Gasteiger partial charge in [0.15, 0.2) is 5.82 Å². The zero-order chi connectivity index (χ0) is 14.2. The smallest absolute Gasteiger partial charge is 0.151 e. The fourth-order valence-corrected chi connectivity index (χ4v) is 3.31. The molecule has 2 aliphatic rings. The topological polar surface area (TPSA) is 62.0 Å². The molecule has 2 heterocycles. The summed E-state index contributed by atoms with van der Waals surface area (Å²) in [5, 5.41) is 14.7. The van der Waals surface area contributed by atoms with Crippen molar-refractivity contribution in [2.24, 2.45) is 0 Å². The van der Waals surface area contributed by atoms with E-state index in [1.807, 2.05) is 6.07 Å². The third-order valence-electron chi connectivity index (χ3n) is 4.50. The summed E-state index contributed by atoms with van der Waals surface area (Å²) in [6.07, 6.45) is 3.25. The second kappa shape index (κ2) is 5.07. The molecule has 21 heavy (non-hydrogen) atoms. The highest BCUT2D eigenvalue weighted by atomic mass is 16.5. The van der Waals surface area contributed by atoms with Crippen molar-refractivity contribution in [3.63, 3.8) is 0 Å². The van der Waals surface area contributed by atoms with Crippen molar-refractivity contribution in [1.82, 2.24) is 15.5 Å². The van der Waals surface area contributed by atoms with Gasteiger partial charge >= 0.3 is 0 Å². The van der Waals surface area contributed by atoms with Crippen LogP contribution >= 0.6 is 0 Å². The minimum Gasteiger partial charge on any atom is -0.497 e. The molecule has 0 spiro atoms. The van der Waals surface area contributed by atoms with Crippen molar-refractivity contribution in [3.05, 3.63) is 29.3 Å². The first-order chi connectivity index (χ1) is 10.3. The zero-order valence-corrected chi connectivity index (χ0v) is 12.2. The van der Waals surface area contributed by atoms with Gasteiger partial charge in [-0.3, -0.25) is 5.10 Å². The van der Waals surface area contributed by atoms with Gasteiger partial charge in [-0.1, -0.05) is 6.07 Å². The van der Waals surface area contributed by atoms with Gasteiger partial charge in [0.2, 0.25) is 0 Å². The Morgan fingerprint density at radius 2 is 2.29 bits per heavy atom. The summed E-state index contributed by atoms with van der Waals surface area (Å²) in [5.41, 5.74) is 5.04. The SMILES string of the molecule is COc1ccc2c(c1)-c1[nH]nc(NC3CCNC3)c1CC2. The Hall–Kier alpha value is -2.01. The fraction of sp³-hybridized carbons (Fsp3) is 0.438. The lowest BCUT2D eigenvalue weighted by atomic mass is 9.89. The first kappa shape index (κ1) is 12.7. The number of methoxy groups -OCH3 is 1. The summed E-state index contributed by atoms with van der Waals surface area (Å²) in [5.74, 6) is 1.91. The molecule has 1 aliphatic carbocycles. The lowest BCUT2D eigenvalue weighted by Gasteiger charge is -2.18. The predicted molar refractivity (Wildman–Crippen MR) is 82.9 cm³/mol. The van der Waals surface area contributed by atoms with Crippen LogP contribution in [0.5, 0.6) is 5.75 Å². The van der Waals surface area contributed by atoms with Crippen LogP contribution in [-0.4, -0.2) is 36.4 Å². The maximum Gasteiger partial charge on any atom is 0.151 e. The Kier molecular flexibility index (Phi) is 3.07. The van der Waals surface area contributed by atoms with Gasteiger partial charge in [0.1, 0.15) is 5.75 Å². The Bertz CT molecular complexity index is 658. The lowest BCUT2D eigenvalue weighted by Crippen LogP contribution is -2.23. The number of ether oxygens (including phenoxy) is 1. The maximum absolute atomic E-state index is 5.35. The number of hydrogen-bond donors (Lipinski definition) is 3. The Morgan fingerprint density at radius 1 is 1.33 bits per heavy atom. The number of benzene rings is 1. The molecule has 1 saturated heterocycles. The molecule has 1 atom stereocenters. The number of rotatable bonds is 3. The van der Waals surface area contributed by atoms with E-state index in [9.17, 15) is 0 Å². The average Bonchev–Trinajstić information content (AvgIpc) is 3.17. The van der Waals surface area contributed by atoms with E-state index in [2.05, 4.69) is 33.0 Å². The van der Waals surface area contributed by atoms with Crippen molar-refractivity contribution in [2.75, 3.05) is 25.5 Å². The summed E-state index contributed by atoms with van der Waals surface area (Å²) < 4.78 is 5.35. The maximum atomic E-state index is 5.35. The summed E-state index contributed by atoms with van der Waals surface area (Å²) in [4.78, 5) is 0. The molecule has 4 rings (SSSR count). The van der Waals surface area contributed by atoms with Crippen LogP contribution in [0.1, 0.15) is 17.5 Å². The number of aryl methyl sites for hydroxylation is 1. The third kappa shape index (κ3) is 2.17. The molecule has 1 aliphatic heterocycles. The van der Waals surface area contributed by atoms with Gasteiger partial charge in [-0.05, 0) is 43.5 Å². The molecule has 0 bridgehead atoms. The number of hydrogen-bond acceptors (Lipinski definition) is 4. The molecule has 1 fully saturated rings. The minimum atomic E-state index is 0.490. The highest BCUT2D eigenvalue weighted by Gasteiger charge is 2.24. The molecule has 2 aromatic rings. The summed E-state index contributed by atoms with van der Waals surface area (Å²) in [6, 6.07) is 6.78. The molecule has 1 aromatic heterocycles. The molecular weight excluding hydrogens is 264 g/mol. The van der Waals surface area contributed by atoms with Crippen molar-refractivity contribution in [3.8, 4) is 17.0 Å². The number of H-pyrrole nitrogens is 1. The van der Waals surface area contributed by atoms with Crippen molar-refractivity contribution < 1.29 is 4.74 Å². The quantitative estimate of drug-likeness (QED) is 0.806. The summed E-state index contributed by atoms with van der Waals surface area (Å²) >= 11 is 0. The van der Waals surface area contributed by atoms with Crippen LogP contribution in [0.2, 0.25) is 0 Å². The normalized spacial score (nSPS) is 20.0. The van der Waals surface area contributed by atoms with E-state index in [0.29, 0.717) is 6.04 Å². The van der Waals surface area contributed by atoms with Gasteiger partial charge in [0.25, 0.3) is 0 Å². The lowest BCUT2D eigenvalue weighted by molar-refractivity contribution is 0.415. The number of fused-ring (bicyclic) bond motifs is 3. The third-order valence-corrected chi connectivity index (χ3v) is 4.50. The van der Waals surface area contributed by atoms with E-state index in [-0.39, 0.29) is 0 Å². The van der Waals surface area contributed by atoms with Crippen LogP contribution in [0.4, 0.5) is 5.82 Å². The van der Waals surface area contributed by atoms with E-state index >= 15 is 0 Å². The monoisotopic (exact) mass is 284 g/mol. The van der Waals surface area contributed by atoms with E-state index in [1.165, 1.54) is 16.7 Å².